The van der Waals surface area contributed by atoms with E-state index in [1.807, 2.05) is 0 Å². The molecule has 1 fully saturated rings. The van der Waals surface area contributed by atoms with E-state index in [9.17, 15) is 18.0 Å². The van der Waals surface area contributed by atoms with Gasteiger partial charge in [-0.3, -0.25) is 9.59 Å². The SMILES string of the molecule is CC1CCN(S(=O)(=O)c2ccc3c(c2)NC(=O)CC(=O)N3)CC1. The van der Waals surface area contributed by atoms with Crippen LogP contribution in [0.2, 0.25) is 0 Å². The smallest absolute Gasteiger partial charge is 0.243 e. The first kappa shape index (κ1) is 15.9. The van der Waals surface area contributed by atoms with E-state index in [0.29, 0.717) is 30.4 Å². The summed E-state index contributed by atoms with van der Waals surface area (Å²) in [5.41, 5.74) is 0.722. The molecule has 0 atom stereocenters. The van der Waals surface area contributed by atoms with Crippen LogP contribution in [0.15, 0.2) is 23.1 Å². The van der Waals surface area contributed by atoms with Crippen molar-refractivity contribution in [3.63, 3.8) is 0 Å². The van der Waals surface area contributed by atoms with Crippen LogP contribution in [-0.2, 0) is 19.6 Å². The Morgan fingerprint density at radius 2 is 1.65 bits per heavy atom. The van der Waals surface area contributed by atoms with Crippen molar-refractivity contribution in [1.29, 1.82) is 0 Å². The van der Waals surface area contributed by atoms with Crippen LogP contribution in [0.25, 0.3) is 0 Å². The van der Waals surface area contributed by atoms with E-state index in [4.69, 9.17) is 0 Å². The summed E-state index contributed by atoms with van der Waals surface area (Å²) in [4.78, 5) is 23.3. The van der Waals surface area contributed by atoms with Crippen LogP contribution in [0, 0.1) is 5.92 Å². The van der Waals surface area contributed by atoms with E-state index >= 15 is 0 Å². The fourth-order valence-corrected chi connectivity index (χ4v) is 4.30. The number of anilines is 2. The number of nitrogens with zero attached hydrogens (tertiary/aromatic N) is 1. The average Bonchev–Trinajstić information content (AvgIpc) is 2.63. The third-order valence-corrected chi connectivity index (χ3v) is 6.14. The summed E-state index contributed by atoms with van der Waals surface area (Å²) in [5, 5.41) is 5.16. The van der Waals surface area contributed by atoms with Crippen LogP contribution in [-0.4, -0.2) is 37.6 Å². The molecular formula is C15H19N3O4S. The number of fused-ring (bicyclic) bond motifs is 1. The molecule has 0 radical (unpaired) electrons. The van der Waals surface area contributed by atoms with Gasteiger partial charge in [0.2, 0.25) is 21.8 Å². The molecule has 1 aromatic rings. The first-order chi connectivity index (χ1) is 10.9. The van der Waals surface area contributed by atoms with Gasteiger partial charge in [-0.1, -0.05) is 6.92 Å². The Balaban J connectivity index is 1.92. The van der Waals surface area contributed by atoms with Crippen LogP contribution < -0.4 is 10.6 Å². The van der Waals surface area contributed by atoms with Crippen molar-refractivity contribution in [2.45, 2.75) is 31.1 Å². The molecule has 2 aliphatic heterocycles. The van der Waals surface area contributed by atoms with Crippen molar-refractivity contribution >= 4 is 33.2 Å². The van der Waals surface area contributed by atoms with E-state index in [2.05, 4.69) is 17.6 Å². The molecule has 0 unspecified atom stereocenters. The highest BCUT2D eigenvalue weighted by atomic mass is 32.2. The van der Waals surface area contributed by atoms with Crippen molar-refractivity contribution < 1.29 is 18.0 Å². The lowest BCUT2D eigenvalue weighted by Crippen LogP contribution is -2.37. The van der Waals surface area contributed by atoms with Crippen molar-refractivity contribution in [3.8, 4) is 0 Å². The van der Waals surface area contributed by atoms with Gasteiger partial charge in [0.1, 0.15) is 6.42 Å². The molecule has 2 N–H and O–H groups in total. The highest BCUT2D eigenvalue weighted by molar-refractivity contribution is 7.89. The number of benzene rings is 1. The Kier molecular flexibility index (Phi) is 4.11. The number of hydrogen-bond donors (Lipinski definition) is 2. The fraction of sp³-hybridized carbons (Fsp3) is 0.467. The van der Waals surface area contributed by atoms with Gasteiger partial charge in [-0.2, -0.15) is 4.31 Å². The van der Waals surface area contributed by atoms with Crippen molar-refractivity contribution in [1.82, 2.24) is 4.31 Å². The third kappa shape index (κ3) is 3.23. The van der Waals surface area contributed by atoms with Gasteiger partial charge >= 0.3 is 0 Å². The van der Waals surface area contributed by atoms with Crippen molar-refractivity contribution in [2.75, 3.05) is 23.7 Å². The summed E-state index contributed by atoms with van der Waals surface area (Å²) in [6.45, 7) is 3.12. The number of piperidine rings is 1. The number of hydrogen-bond acceptors (Lipinski definition) is 4. The van der Waals surface area contributed by atoms with E-state index in [-0.39, 0.29) is 11.3 Å². The first-order valence-corrected chi connectivity index (χ1v) is 9.04. The monoisotopic (exact) mass is 337 g/mol. The van der Waals surface area contributed by atoms with Crippen molar-refractivity contribution in [3.05, 3.63) is 18.2 Å². The van der Waals surface area contributed by atoms with Crippen LogP contribution in [0.4, 0.5) is 11.4 Å². The largest absolute Gasteiger partial charge is 0.324 e. The number of carbonyl (C=O) groups excluding carboxylic acids is 2. The lowest BCUT2D eigenvalue weighted by atomic mass is 10.0. The molecule has 0 aliphatic carbocycles. The molecule has 0 saturated carbocycles. The molecule has 2 heterocycles. The molecule has 7 nitrogen and oxygen atoms in total. The maximum Gasteiger partial charge on any atom is 0.243 e. The van der Waals surface area contributed by atoms with Crippen LogP contribution >= 0.6 is 0 Å². The summed E-state index contributed by atoms with van der Waals surface area (Å²) in [6, 6.07) is 4.38. The summed E-state index contributed by atoms with van der Waals surface area (Å²) in [6.07, 6.45) is 1.41. The maximum atomic E-state index is 12.7. The van der Waals surface area contributed by atoms with Gasteiger partial charge in [-0.25, -0.2) is 8.42 Å². The third-order valence-electron chi connectivity index (χ3n) is 4.24. The molecule has 124 valence electrons. The number of rotatable bonds is 2. The lowest BCUT2D eigenvalue weighted by molar-refractivity contribution is -0.123. The maximum absolute atomic E-state index is 12.7. The average molecular weight is 337 g/mol. The molecule has 1 saturated heterocycles. The Morgan fingerprint density at radius 1 is 1.04 bits per heavy atom. The predicted molar refractivity (Wildman–Crippen MR) is 85.5 cm³/mol. The second-order valence-corrected chi connectivity index (χ2v) is 8.01. The van der Waals surface area contributed by atoms with Gasteiger partial charge in [0.15, 0.2) is 0 Å². The van der Waals surface area contributed by atoms with E-state index in [0.717, 1.165) is 12.8 Å². The fourth-order valence-electron chi connectivity index (χ4n) is 2.81. The molecular weight excluding hydrogens is 318 g/mol. The van der Waals surface area contributed by atoms with Crippen LogP contribution in [0.1, 0.15) is 26.2 Å². The molecule has 0 bridgehead atoms. The standard InChI is InChI=1S/C15H19N3O4S/c1-10-4-6-18(7-5-10)23(21,22)11-2-3-12-13(8-11)17-15(20)9-14(19)16-12/h2-3,8,10H,4-7,9H2,1H3,(H,16,19)(H,17,20). The highest BCUT2D eigenvalue weighted by Gasteiger charge is 2.29. The van der Waals surface area contributed by atoms with Crippen LogP contribution in [0.5, 0.6) is 0 Å². The number of carbonyl (C=O) groups is 2. The minimum atomic E-state index is -3.59. The van der Waals surface area contributed by atoms with E-state index < -0.39 is 21.8 Å². The second-order valence-electron chi connectivity index (χ2n) is 6.07. The predicted octanol–water partition coefficient (Wildman–Crippen LogP) is 1.39. The first-order valence-electron chi connectivity index (χ1n) is 7.60. The number of sulfonamides is 1. The van der Waals surface area contributed by atoms with E-state index in [1.165, 1.54) is 22.5 Å². The molecule has 3 rings (SSSR count). The minimum absolute atomic E-state index is 0.127. The van der Waals surface area contributed by atoms with Crippen molar-refractivity contribution in [2.24, 2.45) is 5.92 Å². The summed E-state index contributed by atoms with van der Waals surface area (Å²) in [5.74, 6) is -0.340. The quantitative estimate of drug-likeness (QED) is 0.797. The topological polar surface area (TPSA) is 95.6 Å². The zero-order chi connectivity index (χ0) is 16.6. The second kappa shape index (κ2) is 5.93. The molecule has 2 amide bonds. The Bertz CT molecular complexity index is 752. The molecule has 23 heavy (non-hydrogen) atoms. The van der Waals surface area contributed by atoms with E-state index in [1.54, 1.807) is 0 Å². The van der Waals surface area contributed by atoms with Gasteiger partial charge in [0.05, 0.1) is 16.3 Å². The normalized spacial score (nSPS) is 20.4. The highest BCUT2D eigenvalue weighted by Crippen LogP contribution is 2.30. The summed E-state index contributed by atoms with van der Waals surface area (Å²) < 4.78 is 27.0. The number of nitrogens with one attached hydrogen (secondary N) is 2. The lowest BCUT2D eigenvalue weighted by Gasteiger charge is -2.29. The van der Waals surface area contributed by atoms with Gasteiger partial charge in [-0.15, -0.1) is 0 Å². The molecule has 0 aromatic heterocycles. The molecule has 0 spiro atoms. The van der Waals surface area contributed by atoms with Gasteiger partial charge in [0, 0.05) is 13.1 Å². The summed E-state index contributed by atoms with van der Waals surface area (Å²) >= 11 is 0. The zero-order valence-corrected chi connectivity index (χ0v) is 13.6. The van der Waals surface area contributed by atoms with Gasteiger partial charge in [0.25, 0.3) is 0 Å². The Hall–Kier alpha value is -1.93. The van der Waals surface area contributed by atoms with Crippen LogP contribution in [0.3, 0.4) is 0 Å². The van der Waals surface area contributed by atoms with Gasteiger partial charge in [-0.05, 0) is 37.0 Å². The molecule has 8 heteroatoms. The number of amides is 2. The van der Waals surface area contributed by atoms with Gasteiger partial charge < -0.3 is 10.6 Å². The summed E-state index contributed by atoms with van der Waals surface area (Å²) in [7, 11) is -3.59. The minimum Gasteiger partial charge on any atom is -0.324 e. The Labute approximate surface area is 135 Å². The molecule has 1 aromatic carbocycles. The Morgan fingerprint density at radius 3 is 2.30 bits per heavy atom. The molecule has 2 aliphatic rings. The zero-order valence-electron chi connectivity index (χ0n) is 12.8.